The number of nitrogens with two attached hydrogens (primary N) is 1. The van der Waals surface area contributed by atoms with Crippen LogP contribution in [0.3, 0.4) is 0 Å². The fourth-order valence-electron chi connectivity index (χ4n) is 0.621. The highest BCUT2D eigenvalue weighted by Crippen LogP contribution is 2.00. The highest BCUT2D eigenvalue weighted by atomic mass is 16.3. The Labute approximate surface area is 64.3 Å². The summed E-state index contributed by atoms with van der Waals surface area (Å²) < 4.78 is 0. The number of anilines is 2. The first kappa shape index (κ1) is 7.74. The standard InChI is InChI=1S/C6H10N4O/c7-5-1-2-6(10-9-5)8-3-4-11/h1-2,11H,3-4H2,(H2,7,9)(H,8,10). The van der Waals surface area contributed by atoms with Gasteiger partial charge in [0, 0.05) is 6.54 Å². The van der Waals surface area contributed by atoms with Gasteiger partial charge < -0.3 is 16.2 Å². The summed E-state index contributed by atoms with van der Waals surface area (Å²) in [4.78, 5) is 0. The van der Waals surface area contributed by atoms with Gasteiger partial charge in [0.2, 0.25) is 0 Å². The van der Waals surface area contributed by atoms with Crippen molar-refractivity contribution in [3.05, 3.63) is 12.1 Å². The van der Waals surface area contributed by atoms with Crippen molar-refractivity contribution in [1.82, 2.24) is 10.2 Å². The van der Waals surface area contributed by atoms with Crippen molar-refractivity contribution in [3.63, 3.8) is 0 Å². The van der Waals surface area contributed by atoms with E-state index in [1.54, 1.807) is 12.1 Å². The maximum atomic E-state index is 8.45. The number of aliphatic hydroxyl groups is 1. The van der Waals surface area contributed by atoms with Crippen molar-refractivity contribution in [2.24, 2.45) is 0 Å². The van der Waals surface area contributed by atoms with Gasteiger partial charge in [0.05, 0.1) is 6.61 Å². The number of hydrogen-bond donors (Lipinski definition) is 3. The Morgan fingerprint density at radius 2 is 2.27 bits per heavy atom. The minimum Gasteiger partial charge on any atom is -0.395 e. The molecule has 0 aliphatic heterocycles. The monoisotopic (exact) mass is 154 g/mol. The first-order valence-corrected chi connectivity index (χ1v) is 3.27. The maximum absolute atomic E-state index is 8.45. The van der Waals surface area contributed by atoms with E-state index in [-0.39, 0.29) is 6.61 Å². The molecule has 1 aromatic heterocycles. The molecule has 5 heteroatoms. The van der Waals surface area contributed by atoms with Crippen LogP contribution in [0.1, 0.15) is 0 Å². The van der Waals surface area contributed by atoms with Gasteiger partial charge in [0.15, 0.2) is 0 Å². The van der Waals surface area contributed by atoms with Crippen LogP contribution in [-0.4, -0.2) is 28.5 Å². The van der Waals surface area contributed by atoms with Crippen molar-refractivity contribution in [1.29, 1.82) is 0 Å². The summed E-state index contributed by atoms with van der Waals surface area (Å²) in [5, 5.41) is 18.6. The second kappa shape index (κ2) is 3.72. The van der Waals surface area contributed by atoms with Gasteiger partial charge in [0.25, 0.3) is 0 Å². The smallest absolute Gasteiger partial charge is 0.148 e. The zero-order chi connectivity index (χ0) is 8.10. The van der Waals surface area contributed by atoms with Crippen LogP contribution in [-0.2, 0) is 0 Å². The topological polar surface area (TPSA) is 84.1 Å². The van der Waals surface area contributed by atoms with Gasteiger partial charge in [-0.25, -0.2) is 0 Å². The molecule has 1 heterocycles. The second-order valence-electron chi connectivity index (χ2n) is 1.99. The number of nitrogens with one attached hydrogen (secondary N) is 1. The highest BCUT2D eigenvalue weighted by Gasteiger charge is 1.91. The third kappa shape index (κ3) is 2.38. The summed E-state index contributed by atoms with van der Waals surface area (Å²) >= 11 is 0. The van der Waals surface area contributed by atoms with Gasteiger partial charge in [-0.1, -0.05) is 0 Å². The largest absolute Gasteiger partial charge is 0.395 e. The van der Waals surface area contributed by atoms with Gasteiger partial charge in [-0.15, -0.1) is 10.2 Å². The van der Waals surface area contributed by atoms with E-state index in [1.807, 2.05) is 0 Å². The van der Waals surface area contributed by atoms with Crippen molar-refractivity contribution in [2.45, 2.75) is 0 Å². The fourth-order valence-corrected chi connectivity index (χ4v) is 0.621. The zero-order valence-corrected chi connectivity index (χ0v) is 5.99. The Morgan fingerprint density at radius 1 is 1.45 bits per heavy atom. The normalized spacial score (nSPS) is 9.55. The average Bonchev–Trinajstić information content (AvgIpc) is 2.04. The van der Waals surface area contributed by atoms with Crippen LogP contribution in [0.25, 0.3) is 0 Å². The van der Waals surface area contributed by atoms with Crippen LogP contribution in [0, 0.1) is 0 Å². The molecule has 1 rings (SSSR count). The lowest BCUT2D eigenvalue weighted by Crippen LogP contribution is -2.07. The van der Waals surface area contributed by atoms with Crippen LogP contribution in [0.15, 0.2) is 12.1 Å². The predicted molar refractivity (Wildman–Crippen MR) is 42.0 cm³/mol. The van der Waals surface area contributed by atoms with E-state index in [4.69, 9.17) is 10.8 Å². The minimum atomic E-state index is 0.0755. The molecule has 0 saturated carbocycles. The summed E-state index contributed by atoms with van der Waals surface area (Å²) in [5.74, 6) is 1.01. The number of nitrogens with zero attached hydrogens (tertiary/aromatic N) is 2. The van der Waals surface area contributed by atoms with Gasteiger partial charge in [-0.3, -0.25) is 0 Å². The summed E-state index contributed by atoms with van der Waals surface area (Å²) in [6.07, 6.45) is 0. The average molecular weight is 154 g/mol. The molecule has 0 amide bonds. The van der Waals surface area contributed by atoms with Crippen LogP contribution >= 0.6 is 0 Å². The van der Waals surface area contributed by atoms with Gasteiger partial charge in [-0.05, 0) is 12.1 Å². The van der Waals surface area contributed by atoms with E-state index in [0.29, 0.717) is 18.2 Å². The van der Waals surface area contributed by atoms with E-state index in [2.05, 4.69) is 15.5 Å². The van der Waals surface area contributed by atoms with E-state index in [9.17, 15) is 0 Å². The zero-order valence-electron chi connectivity index (χ0n) is 5.99. The lowest BCUT2D eigenvalue weighted by Gasteiger charge is -2.00. The first-order chi connectivity index (χ1) is 5.33. The number of aliphatic hydroxyl groups excluding tert-OH is 1. The molecule has 0 radical (unpaired) electrons. The number of nitrogen functional groups attached to an aromatic ring is 1. The van der Waals surface area contributed by atoms with E-state index >= 15 is 0 Å². The molecule has 5 nitrogen and oxygen atoms in total. The molecular weight excluding hydrogens is 144 g/mol. The first-order valence-electron chi connectivity index (χ1n) is 3.27. The molecule has 11 heavy (non-hydrogen) atoms. The molecule has 0 aromatic carbocycles. The third-order valence-corrected chi connectivity index (χ3v) is 1.10. The Bertz CT molecular complexity index is 210. The fraction of sp³-hybridized carbons (Fsp3) is 0.333. The lowest BCUT2D eigenvalue weighted by atomic mass is 10.5. The summed E-state index contributed by atoms with van der Waals surface area (Å²) in [5.41, 5.74) is 5.30. The molecule has 0 spiro atoms. The molecule has 60 valence electrons. The summed E-state index contributed by atoms with van der Waals surface area (Å²) in [6.45, 7) is 0.546. The maximum Gasteiger partial charge on any atom is 0.148 e. The van der Waals surface area contributed by atoms with Gasteiger partial charge in [-0.2, -0.15) is 0 Å². The molecule has 0 atom stereocenters. The van der Waals surface area contributed by atoms with Crippen molar-refractivity contribution >= 4 is 11.6 Å². The number of rotatable bonds is 3. The minimum absolute atomic E-state index is 0.0755. The number of aromatic nitrogens is 2. The third-order valence-electron chi connectivity index (χ3n) is 1.10. The molecule has 0 saturated heterocycles. The molecule has 4 N–H and O–H groups in total. The molecule has 0 aliphatic rings. The van der Waals surface area contributed by atoms with Crippen LogP contribution < -0.4 is 11.1 Å². The Morgan fingerprint density at radius 3 is 2.82 bits per heavy atom. The lowest BCUT2D eigenvalue weighted by molar-refractivity contribution is 0.311. The second-order valence-corrected chi connectivity index (χ2v) is 1.99. The predicted octanol–water partition coefficient (Wildman–Crippen LogP) is -0.537. The molecule has 0 fully saturated rings. The molecule has 0 aliphatic carbocycles. The molecule has 0 unspecified atom stereocenters. The molecular formula is C6H10N4O. The van der Waals surface area contributed by atoms with Crippen LogP contribution in [0.2, 0.25) is 0 Å². The van der Waals surface area contributed by atoms with E-state index in [0.717, 1.165) is 0 Å². The SMILES string of the molecule is Nc1ccc(NCCO)nn1. The summed E-state index contributed by atoms with van der Waals surface area (Å²) in [6, 6.07) is 3.35. The van der Waals surface area contributed by atoms with E-state index in [1.165, 1.54) is 0 Å². The van der Waals surface area contributed by atoms with Crippen molar-refractivity contribution in [3.8, 4) is 0 Å². The summed E-state index contributed by atoms with van der Waals surface area (Å²) in [7, 11) is 0. The Balaban J connectivity index is 2.52. The number of hydrogen-bond acceptors (Lipinski definition) is 5. The Kier molecular flexibility index (Phi) is 2.62. The quantitative estimate of drug-likeness (QED) is 0.544. The van der Waals surface area contributed by atoms with E-state index < -0.39 is 0 Å². The van der Waals surface area contributed by atoms with Gasteiger partial charge in [0.1, 0.15) is 11.6 Å². The van der Waals surface area contributed by atoms with Crippen LogP contribution in [0.5, 0.6) is 0 Å². The Hall–Kier alpha value is -1.36. The highest BCUT2D eigenvalue weighted by molar-refractivity contribution is 5.38. The van der Waals surface area contributed by atoms with Crippen LogP contribution in [0.4, 0.5) is 11.6 Å². The molecule has 1 aromatic rings. The van der Waals surface area contributed by atoms with Crippen molar-refractivity contribution in [2.75, 3.05) is 24.2 Å². The molecule has 0 bridgehead atoms. The van der Waals surface area contributed by atoms with Crippen molar-refractivity contribution < 1.29 is 5.11 Å². The van der Waals surface area contributed by atoms with Gasteiger partial charge >= 0.3 is 0 Å².